The Hall–Kier alpha value is -2.02. The van der Waals surface area contributed by atoms with Gasteiger partial charge in [0.05, 0.1) is 6.54 Å². The Morgan fingerprint density at radius 3 is 2.12 bits per heavy atom. The van der Waals surface area contributed by atoms with Crippen molar-refractivity contribution in [1.29, 1.82) is 0 Å². The third kappa shape index (κ3) is 6.05. The van der Waals surface area contributed by atoms with E-state index in [2.05, 4.69) is 33.1 Å². The molecular weight excluding hydrogens is 367 g/mol. The quantitative estimate of drug-likeness (QED) is 0.592. The molecule has 26 heavy (non-hydrogen) atoms. The Morgan fingerprint density at radius 1 is 0.962 bits per heavy atom. The Labute approximate surface area is 161 Å². The van der Waals surface area contributed by atoms with Crippen LogP contribution in [-0.2, 0) is 24.3 Å². The van der Waals surface area contributed by atoms with Crippen molar-refractivity contribution in [2.45, 2.75) is 19.5 Å². The number of hydrogen-bond donors (Lipinski definition) is 1. The number of nitrogens with zero attached hydrogens (tertiary/aromatic N) is 1. The zero-order chi connectivity index (χ0) is 18.2. The minimum absolute atomic E-state index is 0.0141. The molecule has 0 atom stereocenters. The van der Waals surface area contributed by atoms with Crippen molar-refractivity contribution in [3.8, 4) is 0 Å². The van der Waals surface area contributed by atoms with Crippen LogP contribution >= 0.6 is 22.7 Å². The molecule has 0 unspecified atom stereocenters. The highest BCUT2D eigenvalue weighted by molar-refractivity contribution is 7.10. The second-order valence-corrected chi connectivity index (χ2v) is 8.09. The molecule has 3 rings (SSSR count). The lowest BCUT2D eigenvalue weighted by Crippen LogP contribution is -2.37. The Morgan fingerprint density at radius 2 is 1.58 bits per heavy atom. The minimum atomic E-state index is -0.240. The predicted octanol–water partition coefficient (Wildman–Crippen LogP) is 4.31. The van der Waals surface area contributed by atoms with Crippen LogP contribution in [0.2, 0.25) is 0 Å². The van der Waals surface area contributed by atoms with E-state index in [4.69, 9.17) is 0 Å². The van der Waals surface area contributed by atoms with Gasteiger partial charge in [-0.1, -0.05) is 24.3 Å². The number of carbonyl (C=O) groups is 1. The fourth-order valence-corrected chi connectivity index (χ4v) is 4.16. The maximum absolute atomic E-state index is 12.9. The van der Waals surface area contributed by atoms with Gasteiger partial charge in [0.15, 0.2) is 0 Å². The van der Waals surface area contributed by atoms with Gasteiger partial charge in [-0.15, -0.1) is 22.7 Å². The molecule has 1 aromatic carbocycles. The summed E-state index contributed by atoms with van der Waals surface area (Å²) in [6.45, 7) is 2.44. The van der Waals surface area contributed by atoms with Gasteiger partial charge in [0.2, 0.25) is 5.91 Å². The van der Waals surface area contributed by atoms with Crippen LogP contribution in [0.15, 0.2) is 59.3 Å². The Bertz CT molecular complexity index is 750. The van der Waals surface area contributed by atoms with Gasteiger partial charge in [-0.3, -0.25) is 9.69 Å². The number of carbonyl (C=O) groups excluding carboxylic acids is 1. The maximum Gasteiger partial charge on any atom is 0.234 e. The van der Waals surface area contributed by atoms with E-state index in [1.54, 1.807) is 34.8 Å². The molecular formula is C20H21FN2OS2. The zero-order valence-electron chi connectivity index (χ0n) is 14.4. The highest BCUT2D eigenvalue weighted by atomic mass is 32.1. The molecule has 3 nitrogen and oxygen atoms in total. The standard InChI is InChI=1S/C20H21FN2OS2/c21-17-7-5-16(6-8-17)9-10-22-20(24)15-23(13-18-3-1-11-25-18)14-19-4-2-12-26-19/h1-8,11-12H,9-10,13-15H2,(H,22,24). The Kier molecular flexibility index (Phi) is 6.94. The molecule has 6 heteroatoms. The van der Waals surface area contributed by atoms with Gasteiger partial charge in [0.25, 0.3) is 0 Å². The molecule has 1 N–H and O–H groups in total. The van der Waals surface area contributed by atoms with E-state index in [0.29, 0.717) is 19.5 Å². The van der Waals surface area contributed by atoms with Crippen LogP contribution in [0.1, 0.15) is 15.3 Å². The van der Waals surface area contributed by atoms with Gasteiger partial charge >= 0.3 is 0 Å². The van der Waals surface area contributed by atoms with Crippen LogP contribution in [0.25, 0.3) is 0 Å². The minimum Gasteiger partial charge on any atom is -0.355 e. The average Bonchev–Trinajstić information content (AvgIpc) is 3.31. The van der Waals surface area contributed by atoms with E-state index >= 15 is 0 Å². The monoisotopic (exact) mass is 388 g/mol. The van der Waals surface area contributed by atoms with Gasteiger partial charge in [-0.2, -0.15) is 0 Å². The maximum atomic E-state index is 12.9. The van der Waals surface area contributed by atoms with Crippen LogP contribution in [0.5, 0.6) is 0 Å². The summed E-state index contributed by atoms with van der Waals surface area (Å²) < 4.78 is 12.9. The van der Waals surface area contributed by atoms with Crippen molar-refractivity contribution in [1.82, 2.24) is 10.2 Å². The van der Waals surface area contributed by atoms with Crippen LogP contribution in [0.3, 0.4) is 0 Å². The summed E-state index contributed by atoms with van der Waals surface area (Å²) in [6, 6.07) is 14.7. The lowest BCUT2D eigenvalue weighted by Gasteiger charge is -2.20. The molecule has 136 valence electrons. The highest BCUT2D eigenvalue weighted by Gasteiger charge is 2.13. The number of thiophene rings is 2. The summed E-state index contributed by atoms with van der Waals surface area (Å²) in [6.07, 6.45) is 0.696. The average molecular weight is 389 g/mol. The van der Waals surface area contributed by atoms with Gasteiger partial charge in [-0.05, 0) is 47.0 Å². The van der Waals surface area contributed by atoms with E-state index in [0.717, 1.165) is 18.7 Å². The second kappa shape index (κ2) is 9.62. The molecule has 0 bridgehead atoms. The number of rotatable bonds is 9. The normalized spacial score (nSPS) is 11.0. The van der Waals surface area contributed by atoms with E-state index in [-0.39, 0.29) is 11.7 Å². The summed E-state index contributed by atoms with van der Waals surface area (Å²) >= 11 is 3.41. The van der Waals surface area contributed by atoms with E-state index < -0.39 is 0 Å². The van der Waals surface area contributed by atoms with Crippen LogP contribution in [0, 0.1) is 5.82 Å². The fraction of sp³-hybridized carbons (Fsp3) is 0.250. The van der Waals surface area contributed by atoms with Gasteiger partial charge in [0, 0.05) is 29.4 Å². The van der Waals surface area contributed by atoms with Crippen LogP contribution in [0.4, 0.5) is 4.39 Å². The molecule has 0 saturated carbocycles. The van der Waals surface area contributed by atoms with Gasteiger partial charge < -0.3 is 5.32 Å². The van der Waals surface area contributed by atoms with Gasteiger partial charge in [0.1, 0.15) is 5.82 Å². The van der Waals surface area contributed by atoms with Crippen molar-refractivity contribution in [2.75, 3.05) is 13.1 Å². The molecule has 0 spiro atoms. The van der Waals surface area contributed by atoms with Crippen LogP contribution in [-0.4, -0.2) is 23.9 Å². The predicted molar refractivity (Wildman–Crippen MR) is 106 cm³/mol. The van der Waals surface area contributed by atoms with E-state index in [9.17, 15) is 9.18 Å². The molecule has 3 aromatic rings. The summed E-state index contributed by atoms with van der Waals surface area (Å²) in [4.78, 5) is 17.0. The smallest absolute Gasteiger partial charge is 0.234 e. The van der Waals surface area contributed by atoms with E-state index in [1.165, 1.54) is 21.9 Å². The first-order valence-electron chi connectivity index (χ1n) is 8.47. The zero-order valence-corrected chi connectivity index (χ0v) is 16.0. The second-order valence-electron chi connectivity index (χ2n) is 6.03. The molecule has 0 fully saturated rings. The van der Waals surface area contributed by atoms with Gasteiger partial charge in [-0.25, -0.2) is 4.39 Å². The topological polar surface area (TPSA) is 32.3 Å². The molecule has 2 heterocycles. The highest BCUT2D eigenvalue weighted by Crippen LogP contribution is 2.16. The van der Waals surface area contributed by atoms with Crippen molar-refractivity contribution < 1.29 is 9.18 Å². The summed E-state index contributed by atoms with van der Waals surface area (Å²) in [5, 5.41) is 7.08. The molecule has 0 aliphatic heterocycles. The number of halogens is 1. The summed E-state index contributed by atoms with van der Waals surface area (Å²) in [5.41, 5.74) is 1.01. The lowest BCUT2D eigenvalue weighted by atomic mass is 10.1. The van der Waals surface area contributed by atoms with Crippen molar-refractivity contribution >= 4 is 28.6 Å². The molecule has 0 radical (unpaired) electrons. The first-order valence-corrected chi connectivity index (χ1v) is 10.2. The summed E-state index contributed by atoms with van der Waals surface area (Å²) in [7, 11) is 0. The number of amides is 1. The number of hydrogen-bond acceptors (Lipinski definition) is 4. The molecule has 0 aliphatic rings. The number of benzene rings is 1. The van der Waals surface area contributed by atoms with Crippen molar-refractivity contribution in [3.63, 3.8) is 0 Å². The first kappa shape index (κ1) is 18.8. The lowest BCUT2D eigenvalue weighted by molar-refractivity contribution is -0.122. The third-order valence-corrected chi connectivity index (χ3v) is 5.66. The molecule has 2 aromatic heterocycles. The largest absolute Gasteiger partial charge is 0.355 e. The molecule has 1 amide bonds. The Balaban J connectivity index is 1.50. The fourth-order valence-electron chi connectivity index (χ4n) is 2.67. The van der Waals surface area contributed by atoms with Crippen molar-refractivity contribution in [3.05, 3.63) is 80.4 Å². The molecule has 0 aliphatic carbocycles. The van der Waals surface area contributed by atoms with E-state index in [1.807, 2.05) is 12.1 Å². The van der Waals surface area contributed by atoms with Crippen molar-refractivity contribution in [2.24, 2.45) is 0 Å². The first-order chi connectivity index (χ1) is 12.7. The molecule has 0 saturated heterocycles. The number of nitrogens with one attached hydrogen (secondary N) is 1. The summed E-state index contributed by atoms with van der Waals surface area (Å²) in [5.74, 6) is -0.226. The SMILES string of the molecule is O=C(CN(Cc1cccs1)Cc1cccs1)NCCc1ccc(F)cc1. The van der Waals surface area contributed by atoms with Crippen LogP contribution < -0.4 is 5.32 Å². The third-order valence-electron chi connectivity index (χ3n) is 3.94.